The number of aromatic nitrogens is 1. The van der Waals surface area contributed by atoms with Gasteiger partial charge in [0.05, 0.1) is 41.0 Å². The molecule has 1 atom stereocenters. The molecule has 1 aliphatic rings. The van der Waals surface area contributed by atoms with E-state index in [1.165, 1.54) is 11.3 Å². The van der Waals surface area contributed by atoms with Crippen LogP contribution in [0.3, 0.4) is 0 Å². The topological polar surface area (TPSA) is 77.0 Å². The summed E-state index contributed by atoms with van der Waals surface area (Å²) in [6, 6.07) is 8.98. The van der Waals surface area contributed by atoms with Gasteiger partial charge in [-0.15, -0.1) is 0 Å². The Morgan fingerprint density at radius 2 is 2.03 bits per heavy atom. The van der Waals surface area contributed by atoms with Crippen molar-refractivity contribution in [2.75, 3.05) is 25.6 Å². The number of allylic oxidation sites excluding steroid dienone is 1. The molecule has 3 heterocycles. The molecule has 0 unspecified atom stereocenters. The molecule has 8 heteroatoms. The molecule has 31 heavy (non-hydrogen) atoms. The molecule has 0 radical (unpaired) electrons. The van der Waals surface area contributed by atoms with Crippen LogP contribution in [0.4, 0.5) is 5.69 Å². The molecule has 1 aliphatic heterocycles. The van der Waals surface area contributed by atoms with E-state index in [2.05, 4.69) is 4.99 Å². The van der Waals surface area contributed by atoms with E-state index in [-0.39, 0.29) is 12.2 Å². The fourth-order valence-electron chi connectivity index (χ4n) is 3.57. The number of carbonyl (C=O) groups is 1. The molecule has 3 aromatic rings. The summed E-state index contributed by atoms with van der Waals surface area (Å²) < 4.78 is 12.5. The van der Waals surface area contributed by atoms with Gasteiger partial charge < -0.3 is 14.1 Å². The van der Waals surface area contributed by atoms with Gasteiger partial charge >= 0.3 is 5.97 Å². The number of thiazole rings is 1. The van der Waals surface area contributed by atoms with E-state index in [0.717, 1.165) is 16.8 Å². The van der Waals surface area contributed by atoms with E-state index in [4.69, 9.17) is 9.15 Å². The number of anilines is 1. The second-order valence-corrected chi connectivity index (χ2v) is 8.35. The predicted molar refractivity (Wildman–Crippen MR) is 120 cm³/mol. The summed E-state index contributed by atoms with van der Waals surface area (Å²) >= 11 is 1.29. The smallest absolute Gasteiger partial charge is 0.338 e. The van der Waals surface area contributed by atoms with Gasteiger partial charge in [0, 0.05) is 25.3 Å². The van der Waals surface area contributed by atoms with Crippen molar-refractivity contribution in [3.05, 3.63) is 84.9 Å². The number of nitrogens with zero attached hydrogens (tertiary/aromatic N) is 3. The second-order valence-electron chi connectivity index (χ2n) is 7.34. The van der Waals surface area contributed by atoms with Gasteiger partial charge in [0.1, 0.15) is 0 Å². The zero-order chi connectivity index (χ0) is 22.1. The molecule has 2 aromatic heterocycles. The Kier molecular flexibility index (Phi) is 5.65. The third kappa shape index (κ3) is 3.86. The van der Waals surface area contributed by atoms with Crippen LogP contribution in [-0.2, 0) is 9.53 Å². The Balaban J connectivity index is 1.94. The molecular weight excluding hydrogens is 414 g/mol. The van der Waals surface area contributed by atoms with Crippen molar-refractivity contribution < 1.29 is 13.9 Å². The van der Waals surface area contributed by atoms with Crippen molar-refractivity contribution in [2.24, 2.45) is 4.99 Å². The molecule has 0 N–H and O–H groups in total. The molecule has 4 rings (SSSR count). The Labute approximate surface area is 183 Å². The number of hydrogen-bond acceptors (Lipinski definition) is 7. The number of benzene rings is 1. The number of carbonyl (C=O) groups excluding carboxylic acids is 1. The summed E-state index contributed by atoms with van der Waals surface area (Å²) in [6.45, 7) is 3.78. The van der Waals surface area contributed by atoms with Gasteiger partial charge in [0.15, 0.2) is 4.80 Å². The van der Waals surface area contributed by atoms with Gasteiger partial charge in [0.2, 0.25) is 0 Å². The summed E-state index contributed by atoms with van der Waals surface area (Å²) in [4.78, 5) is 33.4. The predicted octanol–water partition coefficient (Wildman–Crippen LogP) is 2.46. The Hall–Kier alpha value is -3.39. The molecule has 1 aromatic carbocycles. The average molecular weight is 438 g/mol. The molecule has 0 fully saturated rings. The van der Waals surface area contributed by atoms with E-state index < -0.39 is 12.0 Å². The largest absolute Gasteiger partial charge is 0.472 e. The third-order valence-corrected chi connectivity index (χ3v) is 6.07. The summed E-state index contributed by atoms with van der Waals surface area (Å²) in [6.07, 6.45) is 4.90. The highest BCUT2D eigenvalue weighted by atomic mass is 32.1. The van der Waals surface area contributed by atoms with Crippen LogP contribution in [0.1, 0.15) is 31.0 Å². The van der Waals surface area contributed by atoms with E-state index in [9.17, 15) is 9.59 Å². The molecule has 0 amide bonds. The van der Waals surface area contributed by atoms with Crippen LogP contribution in [0.15, 0.2) is 68.3 Å². The van der Waals surface area contributed by atoms with Gasteiger partial charge in [-0.05, 0) is 43.7 Å². The highest BCUT2D eigenvalue weighted by Crippen LogP contribution is 2.31. The fourth-order valence-corrected chi connectivity index (χ4v) is 4.62. The molecular formula is C23H23N3O4S. The van der Waals surface area contributed by atoms with Gasteiger partial charge in [-0.25, -0.2) is 9.79 Å². The van der Waals surface area contributed by atoms with E-state index in [1.807, 2.05) is 43.3 Å². The highest BCUT2D eigenvalue weighted by molar-refractivity contribution is 7.07. The maximum atomic E-state index is 13.4. The zero-order valence-corrected chi connectivity index (χ0v) is 18.6. The molecule has 160 valence electrons. The quantitative estimate of drug-likeness (QED) is 0.573. The van der Waals surface area contributed by atoms with E-state index in [1.54, 1.807) is 43.1 Å². The van der Waals surface area contributed by atoms with Crippen molar-refractivity contribution in [3.8, 4) is 0 Å². The van der Waals surface area contributed by atoms with Crippen LogP contribution in [-0.4, -0.2) is 31.2 Å². The zero-order valence-electron chi connectivity index (χ0n) is 17.8. The van der Waals surface area contributed by atoms with Crippen LogP contribution in [0.2, 0.25) is 0 Å². The number of ether oxygens (including phenoxy) is 1. The van der Waals surface area contributed by atoms with Crippen LogP contribution in [0.25, 0.3) is 6.08 Å². The van der Waals surface area contributed by atoms with Gasteiger partial charge in [0.25, 0.3) is 5.56 Å². The highest BCUT2D eigenvalue weighted by Gasteiger charge is 2.33. The van der Waals surface area contributed by atoms with Crippen LogP contribution in [0, 0.1) is 0 Å². The van der Waals surface area contributed by atoms with E-state index in [0.29, 0.717) is 20.6 Å². The average Bonchev–Trinajstić information content (AvgIpc) is 3.35. The first-order valence-corrected chi connectivity index (χ1v) is 10.7. The lowest BCUT2D eigenvalue weighted by molar-refractivity contribution is -0.139. The first-order chi connectivity index (χ1) is 14.9. The van der Waals surface area contributed by atoms with Crippen molar-refractivity contribution >= 4 is 29.1 Å². The normalized spacial score (nSPS) is 16.1. The summed E-state index contributed by atoms with van der Waals surface area (Å²) in [5.41, 5.74) is 3.35. The summed E-state index contributed by atoms with van der Waals surface area (Å²) in [5, 5.41) is 0. The SMILES string of the molecule is CCOC(=O)C1=C(C)N=c2s/c(=C/c3ccoc3)c(=O)n2[C@H]1c1ccc(N(C)C)cc1. The number of esters is 1. The van der Waals surface area contributed by atoms with Gasteiger partial charge in [-0.1, -0.05) is 23.5 Å². The fraction of sp³-hybridized carbons (Fsp3) is 0.261. The first kappa shape index (κ1) is 20.9. The Bertz CT molecular complexity index is 1310. The summed E-state index contributed by atoms with van der Waals surface area (Å²) in [5.74, 6) is -0.463. The maximum Gasteiger partial charge on any atom is 0.338 e. The monoisotopic (exact) mass is 437 g/mol. The molecule has 7 nitrogen and oxygen atoms in total. The minimum atomic E-state index is -0.613. The van der Waals surface area contributed by atoms with Crippen LogP contribution in [0.5, 0.6) is 0 Å². The van der Waals surface area contributed by atoms with Crippen molar-refractivity contribution in [1.29, 1.82) is 0 Å². The van der Waals surface area contributed by atoms with Gasteiger partial charge in [-0.3, -0.25) is 9.36 Å². The van der Waals surface area contributed by atoms with Crippen molar-refractivity contribution in [1.82, 2.24) is 4.57 Å². The lowest BCUT2D eigenvalue weighted by atomic mass is 9.95. The molecule has 0 spiro atoms. The first-order valence-electron chi connectivity index (χ1n) is 9.90. The summed E-state index contributed by atoms with van der Waals surface area (Å²) in [7, 11) is 3.92. The molecule has 0 aliphatic carbocycles. The maximum absolute atomic E-state index is 13.4. The lowest BCUT2D eigenvalue weighted by Gasteiger charge is -2.25. The van der Waals surface area contributed by atoms with Crippen molar-refractivity contribution in [2.45, 2.75) is 19.9 Å². The number of hydrogen-bond donors (Lipinski definition) is 0. The molecule has 0 saturated heterocycles. The minimum Gasteiger partial charge on any atom is -0.472 e. The standard InChI is InChI=1S/C23H23N3O4S/c1-5-30-22(28)19-14(2)24-23-26(20(19)16-6-8-17(9-7-16)25(3)4)21(27)18(31-23)12-15-10-11-29-13-15/h6-13,20H,5H2,1-4H3/b18-12+/t20-/m0/s1. The molecule has 0 bridgehead atoms. The third-order valence-electron chi connectivity index (χ3n) is 5.08. The number of rotatable bonds is 5. The molecule has 0 saturated carbocycles. The van der Waals surface area contributed by atoms with Crippen LogP contribution >= 0.6 is 11.3 Å². The number of furan rings is 1. The Morgan fingerprint density at radius 3 is 2.65 bits per heavy atom. The number of fused-ring (bicyclic) bond motifs is 1. The van der Waals surface area contributed by atoms with Crippen molar-refractivity contribution in [3.63, 3.8) is 0 Å². The lowest BCUT2D eigenvalue weighted by Crippen LogP contribution is -2.39. The Morgan fingerprint density at radius 1 is 1.29 bits per heavy atom. The van der Waals surface area contributed by atoms with E-state index >= 15 is 0 Å². The second kappa shape index (κ2) is 8.39. The van der Waals surface area contributed by atoms with Gasteiger partial charge in [-0.2, -0.15) is 0 Å². The van der Waals surface area contributed by atoms with Crippen LogP contribution < -0.4 is 19.8 Å². The minimum absolute atomic E-state index is 0.207.